The molecule has 1 N–H and O–H groups in total. The van der Waals surface area contributed by atoms with E-state index in [9.17, 15) is 13.2 Å². The van der Waals surface area contributed by atoms with Crippen molar-refractivity contribution < 1.29 is 13.2 Å². The molecule has 0 aliphatic heterocycles. The van der Waals surface area contributed by atoms with Gasteiger partial charge in [0, 0.05) is 12.4 Å². The number of alkyl halides is 3. The van der Waals surface area contributed by atoms with Crippen molar-refractivity contribution >= 4 is 21.9 Å². The summed E-state index contributed by atoms with van der Waals surface area (Å²) in [5.74, 6) is -0.0551. The van der Waals surface area contributed by atoms with Gasteiger partial charge < -0.3 is 5.32 Å². The molecular weight excluding hydrogens is 275 g/mol. The summed E-state index contributed by atoms with van der Waals surface area (Å²) in [5, 5.41) is 2.22. The molecule has 0 radical (unpaired) electrons. The summed E-state index contributed by atoms with van der Waals surface area (Å²) in [6, 6.07) is 0. The van der Waals surface area contributed by atoms with Crippen molar-refractivity contribution in [2.45, 2.75) is 25.6 Å². The Morgan fingerprint density at radius 2 is 1.67 bits per heavy atom. The van der Waals surface area contributed by atoms with Gasteiger partial charge in [-0.25, -0.2) is 9.97 Å². The van der Waals surface area contributed by atoms with Crippen LogP contribution in [0, 0.1) is 0 Å². The molecule has 1 aromatic heterocycles. The first-order valence-corrected chi connectivity index (χ1v) is 4.84. The lowest BCUT2D eigenvalue weighted by Gasteiger charge is -2.28. The highest BCUT2D eigenvalue weighted by atomic mass is 79.9. The van der Waals surface area contributed by atoms with Gasteiger partial charge in [-0.15, -0.1) is 0 Å². The average molecular weight is 284 g/mol. The minimum Gasteiger partial charge on any atom is -0.340 e. The fraction of sp³-hybridized carbons (Fsp3) is 0.500. The van der Waals surface area contributed by atoms with Crippen LogP contribution in [0.4, 0.5) is 19.1 Å². The third-order valence-corrected chi connectivity index (χ3v) is 2.16. The second-order valence-electron chi connectivity index (χ2n) is 3.47. The van der Waals surface area contributed by atoms with Crippen molar-refractivity contribution in [1.82, 2.24) is 9.97 Å². The minimum absolute atomic E-state index is 0.0551. The van der Waals surface area contributed by atoms with E-state index in [1.165, 1.54) is 12.4 Å². The van der Waals surface area contributed by atoms with Gasteiger partial charge in [-0.2, -0.15) is 13.2 Å². The van der Waals surface area contributed by atoms with Gasteiger partial charge in [0.1, 0.15) is 5.54 Å². The summed E-state index contributed by atoms with van der Waals surface area (Å²) in [6.45, 7) is 2.05. The van der Waals surface area contributed by atoms with E-state index in [-0.39, 0.29) is 5.95 Å². The molecule has 0 fully saturated rings. The molecular formula is C8H9BrF3N3. The highest BCUT2D eigenvalue weighted by Crippen LogP contribution is 2.31. The molecule has 0 bridgehead atoms. The normalized spacial score (nSPS) is 12.7. The summed E-state index contributed by atoms with van der Waals surface area (Å²) in [7, 11) is 0. The largest absolute Gasteiger partial charge is 0.410 e. The number of nitrogens with zero attached hydrogens (tertiary/aromatic N) is 2. The number of hydrogen-bond donors (Lipinski definition) is 1. The van der Waals surface area contributed by atoms with Crippen LogP contribution in [0.15, 0.2) is 16.9 Å². The molecule has 7 heteroatoms. The fourth-order valence-electron chi connectivity index (χ4n) is 0.727. The van der Waals surface area contributed by atoms with Crippen LogP contribution in [0.5, 0.6) is 0 Å². The average Bonchev–Trinajstić information content (AvgIpc) is 2.06. The Morgan fingerprint density at radius 1 is 1.20 bits per heavy atom. The predicted octanol–water partition coefficient (Wildman–Crippen LogP) is 2.99. The van der Waals surface area contributed by atoms with Gasteiger partial charge >= 0.3 is 6.18 Å². The maximum absolute atomic E-state index is 12.5. The zero-order valence-electron chi connectivity index (χ0n) is 8.06. The third-order valence-electron chi connectivity index (χ3n) is 1.75. The van der Waals surface area contributed by atoms with E-state index >= 15 is 0 Å². The zero-order chi connectivity index (χ0) is 11.7. The smallest absolute Gasteiger partial charge is 0.340 e. The number of hydrogen-bond acceptors (Lipinski definition) is 3. The van der Waals surface area contributed by atoms with Crippen LogP contribution >= 0.6 is 15.9 Å². The second-order valence-corrected chi connectivity index (χ2v) is 4.39. The molecule has 3 nitrogen and oxygen atoms in total. The van der Waals surface area contributed by atoms with Crippen LogP contribution in [-0.4, -0.2) is 21.7 Å². The van der Waals surface area contributed by atoms with Gasteiger partial charge in [0.05, 0.1) is 4.47 Å². The van der Waals surface area contributed by atoms with Gasteiger partial charge in [-0.3, -0.25) is 0 Å². The molecule has 15 heavy (non-hydrogen) atoms. The number of anilines is 1. The topological polar surface area (TPSA) is 37.8 Å². The Kier molecular flexibility index (Phi) is 3.22. The summed E-state index contributed by atoms with van der Waals surface area (Å²) >= 11 is 3.09. The number of aromatic nitrogens is 2. The Bertz CT molecular complexity index is 334. The van der Waals surface area contributed by atoms with Crippen LogP contribution < -0.4 is 5.32 Å². The summed E-state index contributed by atoms with van der Waals surface area (Å²) < 4.78 is 38.0. The van der Waals surface area contributed by atoms with Crippen LogP contribution in [0.25, 0.3) is 0 Å². The first-order valence-electron chi connectivity index (χ1n) is 4.05. The minimum atomic E-state index is -4.36. The highest BCUT2D eigenvalue weighted by molar-refractivity contribution is 9.10. The number of nitrogens with one attached hydrogen (secondary N) is 1. The van der Waals surface area contributed by atoms with Gasteiger partial charge in [0.25, 0.3) is 0 Å². The molecule has 0 unspecified atom stereocenters. The molecule has 1 rings (SSSR count). The molecule has 84 valence electrons. The van der Waals surface area contributed by atoms with E-state index in [4.69, 9.17) is 0 Å². The van der Waals surface area contributed by atoms with Gasteiger partial charge in [-0.1, -0.05) is 0 Å². The lowest BCUT2D eigenvalue weighted by Crippen LogP contribution is -2.46. The maximum Gasteiger partial charge on any atom is 0.410 e. The first kappa shape index (κ1) is 12.2. The standard InChI is InChI=1S/C8H9BrF3N3/c1-7(2,8(10,11)12)15-6-13-3-5(9)4-14-6/h3-4H,1-2H3,(H,13,14,15). The molecule has 0 aliphatic rings. The van der Waals surface area contributed by atoms with Crippen molar-refractivity contribution in [3.8, 4) is 0 Å². The van der Waals surface area contributed by atoms with Crippen molar-refractivity contribution in [1.29, 1.82) is 0 Å². The van der Waals surface area contributed by atoms with E-state index in [0.29, 0.717) is 4.47 Å². The molecule has 1 heterocycles. The second kappa shape index (κ2) is 3.96. The van der Waals surface area contributed by atoms with Crippen molar-refractivity contribution in [3.05, 3.63) is 16.9 Å². The molecule has 0 atom stereocenters. The van der Waals surface area contributed by atoms with Crippen LogP contribution in [-0.2, 0) is 0 Å². The number of halogens is 4. The Labute approximate surface area is 93.2 Å². The predicted molar refractivity (Wildman–Crippen MR) is 53.5 cm³/mol. The van der Waals surface area contributed by atoms with E-state index in [2.05, 4.69) is 31.2 Å². The van der Waals surface area contributed by atoms with Crippen LogP contribution in [0.2, 0.25) is 0 Å². The van der Waals surface area contributed by atoms with Gasteiger partial charge in [-0.05, 0) is 29.8 Å². The molecule has 0 aliphatic carbocycles. The summed E-state index contributed by atoms with van der Waals surface area (Å²) in [5.41, 5.74) is -2.05. The van der Waals surface area contributed by atoms with Crippen molar-refractivity contribution in [3.63, 3.8) is 0 Å². The molecule has 0 amide bonds. The third kappa shape index (κ3) is 3.05. The summed E-state index contributed by atoms with van der Waals surface area (Å²) in [4.78, 5) is 7.42. The lowest BCUT2D eigenvalue weighted by molar-refractivity contribution is -0.168. The zero-order valence-corrected chi connectivity index (χ0v) is 9.65. The van der Waals surface area contributed by atoms with Gasteiger partial charge in [0.15, 0.2) is 0 Å². The van der Waals surface area contributed by atoms with Crippen LogP contribution in [0.1, 0.15) is 13.8 Å². The Balaban J connectivity index is 2.82. The molecule has 0 aromatic carbocycles. The van der Waals surface area contributed by atoms with E-state index < -0.39 is 11.7 Å². The Hall–Kier alpha value is -0.850. The lowest BCUT2D eigenvalue weighted by atomic mass is 10.1. The first-order chi connectivity index (χ1) is 6.72. The fourth-order valence-corrected chi connectivity index (χ4v) is 0.932. The SMILES string of the molecule is CC(C)(Nc1ncc(Br)cn1)C(F)(F)F. The van der Waals surface area contributed by atoms with Crippen LogP contribution in [0.3, 0.4) is 0 Å². The van der Waals surface area contributed by atoms with Crippen molar-refractivity contribution in [2.75, 3.05) is 5.32 Å². The summed E-state index contributed by atoms with van der Waals surface area (Å²) in [6.07, 6.45) is -1.60. The monoisotopic (exact) mass is 283 g/mol. The molecule has 0 saturated carbocycles. The van der Waals surface area contributed by atoms with E-state index in [1.807, 2.05) is 0 Å². The quantitative estimate of drug-likeness (QED) is 0.907. The molecule has 0 saturated heterocycles. The molecule has 1 aromatic rings. The van der Waals surface area contributed by atoms with E-state index in [0.717, 1.165) is 13.8 Å². The number of rotatable bonds is 2. The van der Waals surface area contributed by atoms with E-state index in [1.54, 1.807) is 0 Å². The maximum atomic E-state index is 12.5. The van der Waals surface area contributed by atoms with Gasteiger partial charge in [0.2, 0.25) is 5.95 Å². The van der Waals surface area contributed by atoms with Crippen molar-refractivity contribution in [2.24, 2.45) is 0 Å². The molecule has 0 spiro atoms. The Morgan fingerprint density at radius 3 is 2.07 bits per heavy atom. The highest BCUT2D eigenvalue weighted by Gasteiger charge is 2.47.